The summed E-state index contributed by atoms with van der Waals surface area (Å²) in [5.41, 5.74) is 2.95. The first kappa shape index (κ1) is 19.8. The van der Waals surface area contributed by atoms with Gasteiger partial charge in [0.2, 0.25) is 10.0 Å². The number of hydrogen-bond donors (Lipinski definition) is 0. The van der Waals surface area contributed by atoms with Crippen molar-refractivity contribution in [1.29, 1.82) is 0 Å². The van der Waals surface area contributed by atoms with Crippen LogP contribution < -0.4 is 0 Å². The van der Waals surface area contributed by atoms with E-state index in [4.69, 9.17) is 4.52 Å². The largest absolute Gasteiger partial charge is 0.347 e. The normalized spacial score (nSPS) is 14.7. The van der Waals surface area contributed by atoms with Gasteiger partial charge in [-0.25, -0.2) is 8.42 Å². The lowest BCUT2D eigenvalue weighted by Gasteiger charge is -2.18. The van der Waals surface area contributed by atoms with Crippen LogP contribution in [0.25, 0.3) is 11.5 Å². The van der Waals surface area contributed by atoms with Crippen molar-refractivity contribution in [3.8, 4) is 11.5 Å². The quantitative estimate of drug-likeness (QED) is 0.586. The van der Waals surface area contributed by atoms with Crippen molar-refractivity contribution < 1.29 is 12.9 Å². The van der Waals surface area contributed by atoms with E-state index >= 15 is 0 Å². The van der Waals surface area contributed by atoms with E-state index in [-0.39, 0.29) is 17.3 Å². The van der Waals surface area contributed by atoms with Gasteiger partial charge in [0.25, 0.3) is 5.89 Å². The summed E-state index contributed by atoms with van der Waals surface area (Å²) in [7, 11) is -2.16. The average molecular weight is 415 g/mol. The molecule has 1 saturated carbocycles. The molecule has 0 spiro atoms. The summed E-state index contributed by atoms with van der Waals surface area (Å²) in [6, 6.07) is 9.56. The first-order valence-corrected chi connectivity index (χ1v) is 11.3. The Bertz CT molecular complexity index is 1130. The molecule has 0 saturated heterocycles. The van der Waals surface area contributed by atoms with Crippen molar-refractivity contribution in [3.05, 3.63) is 53.1 Å². The van der Waals surface area contributed by atoms with Crippen LogP contribution in [0.15, 0.2) is 39.8 Å². The fraction of sp³-hybridized carbons (Fsp3) is 0.429. The van der Waals surface area contributed by atoms with Gasteiger partial charge in [0, 0.05) is 37.4 Å². The highest BCUT2D eigenvalue weighted by atomic mass is 32.2. The van der Waals surface area contributed by atoms with Crippen molar-refractivity contribution in [2.24, 2.45) is 0 Å². The predicted octanol–water partition coefficient (Wildman–Crippen LogP) is 3.87. The van der Waals surface area contributed by atoms with Crippen molar-refractivity contribution in [3.63, 3.8) is 0 Å². The molecule has 3 aromatic rings. The Balaban J connectivity index is 1.80. The van der Waals surface area contributed by atoms with Gasteiger partial charge in [0.1, 0.15) is 4.90 Å². The number of benzene rings is 1. The summed E-state index contributed by atoms with van der Waals surface area (Å²) in [6.07, 6.45) is 2.11. The third kappa shape index (κ3) is 3.51. The topological polar surface area (TPSA) is 81.2 Å². The van der Waals surface area contributed by atoms with Gasteiger partial charge in [-0.2, -0.15) is 9.29 Å². The minimum atomic E-state index is -3.77. The summed E-state index contributed by atoms with van der Waals surface area (Å²) in [5.74, 6) is 1.29. The van der Waals surface area contributed by atoms with Crippen LogP contribution in [0.5, 0.6) is 0 Å². The van der Waals surface area contributed by atoms with Gasteiger partial charge in [-0.15, -0.1) is 0 Å². The van der Waals surface area contributed by atoms with Gasteiger partial charge in [-0.3, -0.25) is 0 Å². The van der Waals surface area contributed by atoms with Gasteiger partial charge < -0.3 is 9.09 Å². The fourth-order valence-corrected chi connectivity index (χ4v) is 5.43. The van der Waals surface area contributed by atoms with Gasteiger partial charge in [0.05, 0.1) is 5.56 Å². The van der Waals surface area contributed by atoms with E-state index in [0.717, 1.165) is 24.1 Å². The van der Waals surface area contributed by atoms with E-state index < -0.39 is 10.0 Å². The van der Waals surface area contributed by atoms with Crippen molar-refractivity contribution in [2.45, 2.75) is 57.5 Å². The Morgan fingerprint density at radius 2 is 1.86 bits per heavy atom. The molecule has 2 heterocycles. The molecule has 7 nitrogen and oxygen atoms in total. The monoisotopic (exact) mass is 414 g/mol. The lowest BCUT2D eigenvalue weighted by atomic mass is 10.2. The van der Waals surface area contributed by atoms with Crippen LogP contribution >= 0.6 is 0 Å². The van der Waals surface area contributed by atoms with Crippen molar-refractivity contribution in [1.82, 2.24) is 19.0 Å². The molecule has 0 amide bonds. The fourth-order valence-electron chi connectivity index (χ4n) is 3.82. The predicted molar refractivity (Wildman–Crippen MR) is 110 cm³/mol. The average Bonchev–Trinajstić information content (AvgIpc) is 3.37. The number of aromatic nitrogens is 3. The zero-order chi connectivity index (χ0) is 20.8. The first-order chi connectivity index (χ1) is 13.8. The second-order valence-electron chi connectivity index (χ2n) is 7.60. The van der Waals surface area contributed by atoms with E-state index in [2.05, 4.69) is 10.1 Å². The molecule has 154 valence electrons. The van der Waals surface area contributed by atoms with Crippen LogP contribution in [0, 0.1) is 13.8 Å². The molecule has 1 fully saturated rings. The van der Waals surface area contributed by atoms with Gasteiger partial charge in [0.15, 0.2) is 5.82 Å². The van der Waals surface area contributed by atoms with E-state index in [1.807, 2.05) is 55.7 Å². The van der Waals surface area contributed by atoms with E-state index in [1.54, 1.807) is 7.05 Å². The van der Waals surface area contributed by atoms with E-state index in [0.29, 0.717) is 29.5 Å². The van der Waals surface area contributed by atoms with E-state index in [1.165, 1.54) is 4.31 Å². The second kappa shape index (κ2) is 7.42. The highest BCUT2D eigenvalue weighted by molar-refractivity contribution is 7.89. The molecule has 0 atom stereocenters. The zero-order valence-electron chi connectivity index (χ0n) is 17.2. The highest BCUT2D eigenvalue weighted by Gasteiger charge is 2.35. The maximum absolute atomic E-state index is 13.6. The van der Waals surface area contributed by atoms with Crippen LogP contribution in [0.2, 0.25) is 0 Å². The Labute approximate surface area is 171 Å². The second-order valence-corrected chi connectivity index (χ2v) is 9.58. The Morgan fingerprint density at radius 1 is 1.17 bits per heavy atom. The Hall–Kier alpha value is -2.45. The molecule has 29 heavy (non-hydrogen) atoms. The lowest BCUT2D eigenvalue weighted by molar-refractivity contribution is 0.421. The summed E-state index contributed by atoms with van der Waals surface area (Å²) in [5, 5.41) is 4.09. The van der Waals surface area contributed by atoms with Crippen LogP contribution in [0.4, 0.5) is 0 Å². The lowest BCUT2D eigenvalue weighted by Crippen LogP contribution is -2.27. The molecule has 1 aromatic carbocycles. The molecule has 1 aliphatic carbocycles. The van der Waals surface area contributed by atoms with Gasteiger partial charge in [-0.1, -0.05) is 35.5 Å². The van der Waals surface area contributed by atoms with Crippen LogP contribution in [0.3, 0.4) is 0 Å². The molecule has 8 heteroatoms. The summed E-state index contributed by atoms with van der Waals surface area (Å²) >= 11 is 0. The summed E-state index contributed by atoms with van der Waals surface area (Å²) < 4.78 is 36.1. The van der Waals surface area contributed by atoms with Crippen LogP contribution in [0.1, 0.15) is 48.5 Å². The minimum Gasteiger partial charge on any atom is -0.347 e. The number of sulfonamides is 1. The Kier molecular flexibility index (Phi) is 5.08. The molecule has 0 unspecified atom stereocenters. The maximum Gasteiger partial charge on any atom is 0.261 e. The molecule has 2 aromatic heterocycles. The van der Waals surface area contributed by atoms with Gasteiger partial charge >= 0.3 is 0 Å². The number of nitrogens with zero attached hydrogens (tertiary/aromatic N) is 4. The minimum absolute atomic E-state index is 0.251. The van der Waals surface area contributed by atoms with Crippen LogP contribution in [-0.2, 0) is 23.1 Å². The third-order valence-electron chi connectivity index (χ3n) is 5.56. The van der Waals surface area contributed by atoms with E-state index in [9.17, 15) is 8.42 Å². The number of rotatable bonds is 7. The van der Waals surface area contributed by atoms with Crippen molar-refractivity contribution >= 4 is 10.0 Å². The zero-order valence-corrected chi connectivity index (χ0v) is 18.0. The summed E-state index contributed by atoms with van der Waals surface area (Å²) in [6.45, 7) is 6.68. The molecule has 0 radical (unpaired) electrons. The highest BCUT2D eigenvalue weighted by Crippen LogP contribution is 2.41. The standard InChI is InChI=1S/C21H26N4O3S/c1-5-25-14(2)18(21-22-20(23-28-21)17-11-12-17)19(15(25)3)29(26,27)24(4)13-16-9-7-6-8-10-16/h6-10,17H,5,11-13H2,1-4H3. The molecule has 0 bridgehead atoms. The number of hydrogen-bond acceptors (Lipinski definition) is 5. The SMILES string of the molecule is CCn1c(C)c(-c2nc(C3CC3)no2)c(S(=O)(=O)N(C)Cc2ccccc2)c1C. The van der Waals surface area contributed by atoms with Gasteiger partial charge in [-0.05, 0) is 39.2 Å². The molecule has 1 aliphatic rings. The van der Waals surface area contributed by atoms with Crippen molar-refractivity contribution in [2.75, 3.05) is 7.05 Å². The smallest absolute Gasteiger partial charge is 0.261 e. The molecule has 4 rings (SSSR count). The molecule has 0 N–H and O–H groups in total. The molecular formula is C21H26N4O3S. The first-order valence-electron chi connectivity index (χ1n) is 9.88. The Morgan fingerprint density at radius 3 is 2.48 bits per heavy atom. The maximum atomic E-state index is 13.6. The van der Waals surface area contributed by atoms with Crippen LogP contribution in [-0.4, -0.2) is 34.5 Å². The summed E-state index contributed by atoms with van der Waals surface area (Å²) in [4.78, 5) is 4.79. The molecular weight excluding hydrogens is 388 g/mol. The third-order valence-corrected chi connectivity index (χ3v) is 7.52. The molecule has 0 aliphatic heterocycles.